The topological polar surface area (TPSA) is 102 Å². The SMILES string of the molecule is [N-]=[N+]=NCCC(O)C(O)c1ccc(F)nc1. The van der Waals surface area contributed by atoms with Crippen LogP contribution in [0.4, 0.5) is 4.39 Å². The van der Waals surface area contributed by atoms with Crippen LogP contribution in [0.5, 0.6) is 0 Å². The predicted molar refractivity (Wildman–Crippen MR) is 53.8 cm³/mol. The maximum atomic E-state index is 12.5. The molecule has 7 heteroatoms. The van der Waals surface area contributed by atoms with Gasteiger partial charge in [-0.15, -0.1) is 0 Å². The van der Waals surface area contributed by atoms with E-state index >= 15 is 0 Å². The van der Waals surface area contributed by atoms with Gasteiger partial charge in [0.2, 0.25) is 5.95 Å². The highest BCUT2D eigenvalue weighted by Gasteiger charge is 2.17. The van der Waals surface area contributed by atoms with Crippen LogP contribution < -0.4 is 0 Å². The molecule has 0 saturated heterocycles. The van der Waals surface area contributed by atoms with Gasteiger partial charge in [0.25, 0.3) is 0 Å². The molecule has 6 nitrogen and oxygen atoms in total. The maximum absolute atomic E-state index is 12.5. The van der Waals surface area contributed by atoms with E-state index in [9.17, 15) is 14.6 Å². The summed E-state index contributed by atoms with van der Waals surface area (Å²) >= 11 is 0. The van der Waals surface area contributed by atoms with Crippen molar-refractivity contribution >= 4 is 0 Å². The zero-order valence-corrected chi connectivity index (χ0v) is 8.36. The summed E-state index contributed by atoms with van der Waals surface area (Å²) in [6.45, 7) is 0.0867. The van der Waals surface area contributed by atoms with Gasteiger partial charge in [-0.2, -0.15) is 4.39 Å². The molecule has 0 spiro atoms. The first-order chi connectivity index (χ1) is 7.65. The molecule has 0 bridgehead atoms. The normalized spacial score (nSPS) is 13.9. The molecule has 2 unspecified atom stereocenters. The average Bonchev–Trinajstić information content (AvgIpc) is 2.29. The molecule has 0 amide bonds. The summed E-state index contributed by atoms with van der Waals surface area (Å²) in [5, 5.41) is 22.4. The van der Waals surface area contributed by atoms with Gasteiger partial charge in [-0.05, 0) is 18.0 Å². The molecule has 2 atom stereocenters. The molecule has 0 radical (unpaired) electrons. The molecule has 16 heavy (non-hydrogen) atoms. The van der Waals surface area contributed by atoms with Crippen LogP contribution in [0, 0.1) is 5.95 Å². The molecule has 0 aliphatic carbocycles. The van der Waals surface area contributed by atoms with Crippen LogP contribution in [0.15, 0.2) is 23.4 Å². The van der Waals surface area contributed by atoms with Gasteiger partial charge in [0.1, 0.15) is 6.10 Å². The van der Waals surface area contributed by atoms with Crippen LogP contribution in [0.25, 0.3) is 10.4 Å². The third-order valence-corrected chi connectivity index (χ3v) is 2.04. The summed E-state index contributed by atoms with van der Waals surface area (Å²) in [6, 6.07) is 2.43. The van der Waals surface area contributed by atoms with Crippen molar-refractivity contribution in [3.8, 4) is 0 Å². The van der Waals surface area contributed by atoms with Gasteiger partial charge in [-0.3, -0.25) is 0 Å². The van der Waals surface area contributed by atoms with Crippen molar-refractivity contribution in [1.82, 2.24) is 4.98 Å². The molecule has 1 aromatic rings. The van der Waals surface area contributed by atoms with Crippen LogP contribution in [0.3, 0.4) is 0 Å². The summed E-state index contributed by atoms with van der Waals surface area (Å²) in [7, 11) is 0. The Bertz CT molecular complexity index is 378. The maximum Gasteiger partial charge on any atom is 0.212 e. The minimum atomic E-state index is -1.16. The van der Waals surface area contributed by atoms with Crippen molar-refractivity contribution in [2.75, 3.05) is 6.54 Å². The van der Waals surface area contributed by atoms with Gasteiger partial charge in [-0.25, -0.2) is 4.98 Å². The molecule has 1 heterocycles. The lowest BCUT2D eigenvalue weighted by molar-refractivity contribution is 0.0148. The van der Waals surface area contributed by atoms with E-state index in [0.29, 0.717) is 5.56 Å². The summed E-state index contributed by atoms with van der Waals surface area (Å²) < 4.78 is 12.5. The zero-order chi connectivity index (χ0) is 12.0. The van der Waals surface area contributed by atoms with Gasteiger partial charge < -0.3 is 10.2 Å². The number of pyridine rings is 1. The van der Waals surface area contributed by atoms with Crippen molar-refractivity contribution in [3.05, 3.63) is 40.3 Å². The van der Waals surface area contributed by atoms with Gasteiger partial charge in [-0.1, -0.05) is 11.2 Å². The van der Waals surface area contributed by atoms with E-state index in [0.717, 1.165) is 12.3 Å². The van der Waals surface area contributed by atoms with E-state index in [-0.39, 0.29) is 13.0 Å². The summed E-state index contributed by atoms with van der Waals surface area (Å²) in [6.07, 6.45) is -0.959. The van der Waals surface area contributed by atoms with E-state index in [1.165, 1.54) is 6.07 Å². The van der Waals surface area contributed by atoms with Crippen LogP contribution in [-0.2, 0) is 0 Å². The smallest absolute Gasteiger partial charge is 0.212 e. The third kappa shape index (κ3) is 3.47. The first kappa shape index (κ1) is 12.4. The van der Waals surface area contributed by atoms with Crippen LogP contribution in [0.2, 0.25) is 0 Å². The van der Waals surface area contributed by atoms with E-state index in [4.69, 9.17) is 5.53 Å². The first-order valence-electron chi connectivity index (χ1n) is 4.63. The number of aromatic nitrogens is 1. The minimum absolute atomic E-state index is 0.0867. The molecule has 0 fully saturated rings. The lowest BCUT2D eigenvalue weighted by atomic mass is 10.0. The number of halogens is 1. The fraction of sp³-hybridized carbons (Fsp3) is 0.444. The van der Waals surface area contributed by atoms with Crippen molar-refractivity contribution in [2.24, 2.45) is 5.11 Å². The number of aliphatic hydroxyl groups excluding tert-OH is 2. The molecule has 2 N–H and O–H groups in total. The third-order valence-electron chi connectivity index (χ3n) is 2.04. The van der Waals surface area contributed by atoms with Crippen LogP contribution in [0.1, 0.15) is 18.1 Å². The Kier molecular flexibility index (Phi) is 4.65. The number of hydrogen-bond acceptors (Lipinski definition) is 4. The van der Waals surface area contributed by atoms with Crippen molar-refractivity contribution in [2.45, 2.75) is 18.6 Å². The quantitative estimate of drug-likeness (QED) is 0.342. The molecule has 1 aromatic heterocycles. The summed E-state index contributed by atoms with van der Waals surface area (Å²) in [5.74, 6) is -0.653. The highest BCUT2D eigenvalue weighted by Crippen LogP contribution is 2.18. The second kappa shape index (κ2) is 6.02. The number of aliphatic hydroxyl groups is 2. The van der Waals surface area contributed by atoms with Crippen molar-refractivity contribution < 1.29 is 14.6 Å². The summed E-state index contributed by atoms with van der Waals surface area (Å²) in [5.41, 5.74) is 8.34. The number of hydrogen-bond donors (Lipinski definition) is 2. The van der Waals surface area contributed by atoms with Crippen molar-refractivity contribution in [1.29, 1.82) is 0 Å². The van der Waals surface area contributed by atoms with Gasteiger partial charge in [0.05, 0.1) is 6.10 Å². The van der Waals surface area contributed by atoms with Gasteiger partial charge >= 0.3 is 0 Å². The standard InChI is InChI=1S/C9H11FN4O2/c10-8-2-1-6(5-12-8)9(16)7(15)3-4-13-14-11/h1-2,5,7,9,15-16H,3-4H2. The van der Waals surface area contributed by atoms with E-state index < -0.39 is 18.2 Å². The Morgan fingerprint density at radius 3 is 2.81 bits per heavy atom. The van der Waals surface area contributed by atoms with Crippen LogP contribution in [-0.4, -0.2) is 27.8 Å². The summed E-state index contributed by atoms with van der Waals surface area (Å²) in [4.78, 5) is 5.88. The number of azide groups is 1. The Hall–Kier alpha value is -1.69. The molecule has 0 aromatic carbocycles. The largest absolute Gasteiger partial charge is 0.390 e. The molecule has 86 valence electrons. The highest BCUT2D eigenvalue weighted by atomic mass is 19.1. The second-order valence-corrected chi connectivity index (χ2v) is 3.17. The Morgan fingerprint density at radius 2 is 2.25 bits per heavy atom. The molecular formula is C9H11FN4O2. The van der Waals surface area contributed by atoms with Gasteiger partial charge in [0.15, 0.2) is 0 Å². The number of rotatable bonds is 5. The Morgan fingerprint density at radius 1 is 1.50 bits per heavy atom. The second-order valence-electron chi connectivity index (χ2n) is 3.17. The molecular weight excluding hydrogens is 215 g/mol. The fourth-order valence-corrected chi connectivity index (χ4v) is 1.18. The van der Waals surface area contributed by atoms with E-state index in [1.54, 1.807) is 0 Å². The van der Waals surface area contributed by atoms with E-state index in [1.807, 2.05) is 0 Å². The number of nitrogens with zero attached hydrogens (tertiary/aromatic N) is 4. The minimum Gasteiger partial charge on any atom is -0.390 e. The average molecular weight is 226 g/mol. The molecule has 1 rings (SSSR count). The fourth-order valence-electron chi connectivity index (χ4n) is 1.18. The van der Waals surface area contributed by atoms with E-state index in [2.05, 4.69) is 15.0 Å². The zero-order valence-electron chi connectivity index (χ0n) is 8.36. The Labute approximate surface area is 91.0 Å². The predicted octanol–water partition coefficient (Wildman–Crippen LogP) is 1.32. The van der Waals surface area contributed by atoms with Crippen molar-refractivity contribution in [3.63, 3.8) is 0 Å². The van der Waals surface area contributed by atoms with Crippen LogP contribution >= 0.6 is 0 Å². The monoisotopic (exact) mass is 226 g/mol. The Balaban J connectivity index is 2.58. The lowest BCUT2D eigenvalue weighted by Gasteiger charge is -2.16. The van der Waals surface area contributed by atoms with Gasteiger partial charge in [0, 0.05) is 23.2 Å². The highest BCUT2D eigenvalue weighted by molar-refractivity contribution is 5.13. The lowest BCUT2D eigenvalue weighted by Crippen LogP contribution is -2.19. The molecule has 0 saturated carbocycles. The molecule has 0 aliphatic heterocycles. The molecule has 0 aliphatic rings. The first-order valence-corrected chi connectivity index (χ1v) is 4.63.